The van der Waals surface area contributed by atoms with Crippen molar-refractivity contribution in [3.8, 4) is 11.3 Å². The van der Waals surface area contributed by atoms with Crippen molar-refractivity contribution in [2.45, 2.75) is 0 Å². The van der Waals surface area contributed by atoms with Crippen LogP contribution in [0.25, 0.3) is 11.3 Å². The summed E-state index contributed by atoms with van der Waals surface area (Å²) in [7, 11) is 0. The second-order valence-electron chi connectivity index (χ2n) is 4.01. The van der Waals surface area contributed by atoms with Crippen molar-refractivity contribution in [1.29, 1.82) is 0 Å². The molecule has 0 fully saturated rings. The fourth-order valence-electron chi connectivity index (χ4n) is 1.69. The number of anilines is 2. The van der Waals surface area contributed by atoms with Gasteiger partial charge in [0.15, 0.2) is 5.13 Å². The number of nitrogens with one attached hydrogen (secondary N) is 1. The zero-order chi connectivity index (χ0) is 13.9. The lowest BCUT2D eigenvalue weighted by molar-refractivity contribution is 0.628. The Labute approximate surface area is 118 Å². The normalized spacial score (nSPS) is 10.5. The number of hydrogen-bond donors (Lipinski definition) is 1. The molecule has 0 saturated carbocycles. The highest BCUT2D eigenvalue weighted by atomic mass is 32.1. The molecule has 1 aromatic carbocycles. The SMILES string of the molecule is Fc1ccc(Nc2nc(-c3cccnc3)c(F)s2)cc1. The Hall–Kier alpha value is -2.34. The summed E-state index contributed by atoms with van der Waals surface area (Å²) in [5.41, 5.74) is 1.53. The first-order valence-corrected chi connectivity index (χ1v) is 6.63. The Kier molecular flexibility index (Phi) is 3.39. The van der Waals surface area contributed by atoms with E-state index in [1.165, 1.54) is 12.1 Å². The van der Waals surface area contributed by atoms with Crippen molar-refractivity contribution in [2.24, 2.45) is 0 Å². The van der Waals surface area contributed by atoms with Crippen molar-refractivity contribution in [2.75, 3.05) is 5.32 Å². The predicted octanol–water partition coefficient (Wildman–Crippen LogP) is 4.23. The topological polar surface area (TPSA) is 37.8 Å². The van der Waals surface area contributed by atoms with Gasteiger partial charge in [0.25, 0.3) is 0 Å². The molecule has 20 heavy (non-hydrogen) atoms. The van der Waals surface area contributed by atoms with Crippen LogP contribution in [0.15, 0.2) is 48.8 Å². The van der Waals surface area contributed by atoms with Gasteiger partial charge in [-0.25, -0.2) is 9.37 Å². The van der Waals surface area contributed by atoms with E-state index < -0.39 is 0 Å². The van der Waals surface area contributed by atoms with Crippen LogP contribution in [0.5, 0.6) is 0 Å². The molecule has 3 rings (SSSR count). The summed E-state index contributed by atoms with van der Waals surface area (Å²) in [5, 5.41) is 2.97. The van der Waals surface area contributed by atoms with Crippen LogP contribution in [-0.2, 0) is 0 Å². The van der Waals surface area contributed by atoms with Crippen LogP contribution in [0, 0.1) is 10.9 Å². The van der Waals surface area contributed by atoms with E-state index in [-0.39, 0.29) is 16.6 Å². The summed E-state index contributed by atoms with van der Waals surface area (Å²) in [6.45, 7) is 0. The molecular formula is C14H9F2N3S. The number of hydrogen-bond acceptors (Lipinski definition) is 4. The van der Waals surface area contributed by atoms with Gasteiger partial charge in [-0.2, -0.15) is 4.39 Å². The molecule has 0 unspecified atom stereocenters. The lowest BCUT2D eigenvalue weighted by Gasteiger charge is -2.01. The minimum Gasteiger partial charge on any atom is -0.331 e. The number of rotatable bonds is 3. The van der Waals surface area contributed by atoms with Crippen LogP contribution in [0.2, 0.25) is 0 Å². The Morgan fingerprint density at radius 2 is 1.85 bits per heavy atom. The van der Waals surface area contributed by atoms with Crippen molar-refractivity contribution in [3.63, 3.8) is 0 Å². The molecule has 3 nitrogen and oxygen atoms in total. The molecule has 6 heteroatoms. The Balaban J connectivity index is 1.87. The fourth-order valence-corrected chi connectivity index (χ4v) is 2.43. The third-order valence-corrected chi connectivity index (χ3v) is 3.38. The minimum absolute atomic E-state index is 0.257. The van der Waals surface area contributed by atoms with Gasteiger partial charge in [-0.05, 0) is 36.4 Å². The lowest BCUT2D eigenvalue weighted by Crippen LogP contribution is -1.89. The van der Waals surface area contributed by atoms with Gasteiger partial charge in [-0.15, -0.1) is 0 Å². The van der Waals surface area contributed by atoms with E-state index in [9.17, 15) is 8.78 Å². The van der Waals surface area contributed by atoms with Crippen molar-refractivity contribution in [1.82, 2.24) is 9.97 Å². The number of nitrogens with zero attached hydrogens (tertiary/aromatic N) is 2. The van der Waals surface area contributed by atoms with E-state index in [0.717, 1.165) is 11.3 Å². The Bertz CT molecular complexity index is 711. The first-order valence-electron chi connectivity index (χ1n) is 5.82. The molecule has 0 aliphatic rings. The Morgan fingerprint density at radius 1 is 1.05 bits per heavy atom. The van der Waals surface area contributed by atoms with Gasteiger partial charge >= 0.3 is 0 Å². The van der Waals surface area contributed by atoms with Gasteiger partial charge in [0, 0.05) is 23.6 Å². The number of benzene rings is 1. The summed E-state index contributed by atoms with van der Waals surface area (Å²) in [6.07, 6.45) is 3.17. The molecule has 1 N–H and O–H groups in total. The predicted molar refractivity (Wildman–Crippen MR) is 75.0 cm³/mol. The van der Waals surface area contributed by atoms with Crippen molar-refractivity contribution < 1.29 is 8.78 Å². The molecule has 0 aliphatic heterocycles. The highest BCUT2D eigenvalue weighted by Gasteiger charge is 2.13. The van der Waals surface area contributed by atoms with Crippen LogP contribution in [0.4, 0.5) is 19.6 Å². The molecule has 3 aromatic rings. The van der Waals surface area contributed by atoms with Crippen LogP contribution < -0.4 is 5.32 Å². The molecular weight excluding hydrogens is 280 g/mol. The molecule has 2 heterocycles. The van der Waals surface area contributed by atoms with E-state index in [1.54, 1.807) is 36.7 Å². The van der Waals surface area contributed by atoms with Crippen LogP contribution in [-0.4, -0.2) is 9.97 Å². The van der Waals surface area contributed by atoms with E-state index in [4.69, 9.17) is 0 Å². The zero-order valence-corrected chi connectivity index (χ0v) is 11.0. The van der Waals surface area contributed by atoms with Crippen LogP contribution >= 0.6 is 11.3 Å². The summed E-state index contributed by atoms with van der Waals surface area (Å²) < 4.78 is 26.7. The molecule has 0 spiro atoms. The molecule has 100 valence electrons. The van der Waals surface area contributed by atoms with Gasteiger partial charge in [0.05, 0.1) is 0 Å². The third kappa shape index (κ3) is 2.65. The maximum atomic E-state index is 13.9. The van der Waals surface area contributed by atoms with Gasteiger partial charge < -0.3 is 5.32 Å². The number of thiazole rings is 1. The minimum atomic E-state index is -0.386. The van der Waals surface area contributed by atoms with Crippen molar-refractivity contribution in [3.05, 3.63) is 59.7 Å². The van der Waals surface area contributed by atoms with Crippen LogP contribution in [0.3, 0.4) is 0 Å². The first kappa shape index (κ1) is 12.7. The second-order valence-corrected chi connectivity index (χ2v) is 4.96. The second kappa shape index (κ2) is 5.34. The fraction of sp³-hybridized carbons (Fsp3) is 0. The molecule has 0 bridgehead atoms. The van der Waals surface area contributed by atoms with E-state index in [0.29, 0.717) is 16.4 Å². The molecule has 2 aromatic heterocycles. The van der Waals surface area contributed by atoms with Crippen LogP contribution in [0.1, 0.15) is 0 Å². The van der Waals surface area contributed by atoms with Gasteiger partial charge in [-0.3, -0.25) is 4.98 Å². The Morgan fingerprint density at radius 3 is 2.55 bits per heavy atom. The third-order valence-electron chi connectivity index (χ3n) is 2.62. The summed E-state index contributed by atoms with van der Waals surface area (Å²) in [5.74, 6) is -0.322. The molecule has 0 aliphatic carbocycles. The lowest BCUT2D eigenvalue weighted by atomic mass is 10.2. The number of pyridine rings is 1. The quantitative estimate of drug-likeness (QED) is 0.784. The molecule has 0 saturated heterocycles. The largest absolute Gasteiger partial charge is 0.331 e. The number of halogens is 2. The van der Waals surface area contributed by atoms with E-state index in [1.807, 2.05) is 0 Å². The summed E-state index contributed by atoms with van der Waals surface area (Å²) in [6, 6.07) is 9.26. The smallest absolute Gasteiger partial charge is 0.206 e. The highest BCUT2D eigenvalue weighted by molar-refractivity contribution is 7.14. The summed E-state index contributed by atoms with van der Waals surface area (Å²) >= 11 is 0.898. The van der Waals surface area contributed by atoms with E-state index >= 15 is 0 Å². The first-order chi connectivity index (χ1) is 9.72. The zero-order valence-electron chi connectivity index (χ0n) is 10.2. The van der Waals surface area contributed by atoms with E-state index in [2.05, 4.69) is 15.3 Å². The standard InChI is InChI=1S/C14H9F2N3S/c15-10-3-5-11(6-4-10)18-14-19-12(13(16)20-14)9-2-1-7-17-8-9/h1-8H,(H,18,19). The van der Waals surface area contributed by atoms with Gasteiger partial charge in [-0.1, -0.05) is 11.3 Å². The maximum absolute atomic E-state index is 13.9. The average Bonchev–Trinajstić information content (AvgIpc) is 2.83. The average molecular weight is 289 g/mol. The van der Waals surface area contributed by atoms with Crippen molar-refractivity contribution >= 4 is 22.2 Å². The maximum Gasteiger partial charge on any atom is 0.206 e. The molecule has 0 amide bonds. The van der Waals surface area contributed by atoms with Gasteiger partial charge in [0.1, 0.15) is 11.5 Å². The molecule has 0 atom stereocenters. The molecule has 0 radical (unpaired) electrons. The monoisotopic (exact) mass is 289 g/mol. The number of aromatic nitrogens is 2. The van der Waals surface area contributed by atoms with Gasteiger partial charge in [0.2, 0.25) is 5.13 Å². The summed E-state index contributed by atoms with van der Waals surface area (Å²) in [4.78, 5) is 8.14. The highest BCUT2D eigenvalue weighted by Crippen LogP contribution is 2.30.